The lowest BCUT2D eigenvalue weighted by atomic mass is 9.96. The van der Waals surface area contributed by atoms with Gasteiger partial charge >= 0.3 is 0 Å². The van der Waals surface area contributed by atoms with Crippen LogP contribution in [0.5, 0.6) is 0 Å². The molecule has 0 aliphatic heterocycles. The topological polar surface area (TPSA) is 37.9 Å². The lowest BCUT2D eigenvalue weighted by molar-refractivity contribution is 0.669. The van der Waals surface area contributed by atoms with E-state index in [1.54, 1.807) is 0 Å². The standard InChI is InChI=1S/C43H42N2O/c1-5-7-8-9-11-18-31(4)44-43(45-42(30(3)6-2)33-20-12-10-13-21-33)37-25-17-26-40-41(37)38-29-34(27-28-39(38)46-40)36-24-16-22-32-19-14-15-23-35(32)36/h7-9,11-12,14-17,19-29H,5-6,10,13,18H2,1-4H3/b8-7-,11-9-,42-30-,44-31+,45-43-. The molecule has 0 amide bonds. The Labute approximate surface area is 272 Å². The van der Waals surface area contributed by atoms with Crippen LogP contribution < -0.4 is 0 Å². The normalized spacial score (nSPS) is 15.1. The Morgan fingerprint density at radius 2 is 1.63 bits per heavy atom. The molecular formula is C43H42N2O. The van der Waals surface area contributed by atoms with E-state index in [1.165, 1.54) is 27.5 Å². The van der Waals surface area contributed by atoms with Crippen molar-refractivity contribution in [3.63, 3.8) is 0 Å². The number of allylic oxidation sites excluding steroid dienone is 8. The third-order valence-electron chi connectivity index (χ3n) is 8.59. The summed E-state index contributed by atoms with van der Waals surface area (Å²) in [5.41, 5.74) is 9.46. The monoisotopic (exact) mass is 602 g/mol. The molecule has 1 aliphatic carbocycles. The number of amidine groups is 1. The first-order chi connectivity index (χ1) is 22.6. The average molecular weight is 603 g/mol. The summed E-state index contributed by atoms with van der Waals surface area (Å²) < 4.78 is 6.46. The molecule has 1 aliphatic rings. The fraction of sp³-hybridized carbons (Fsp3) is 0.209. The van der Waals surface area contributed by atoms with Gasteiger partial charge in [-0.1, -0.05) is 117 Å². The van der Waals surface area contributed by atoms with E-state index in [0.29, 0.717) is 5.84 Å². The van der Waals surface area contributed by atoms with Crippen molar-refractivity contribution in [2.45, 2.75) is 59.8 Å². The summed E-state index contributed by atoms with van der Waals surface area (Å²) in [6.45, 7) is 8.61. The van der Waals surface area contributed by atoms with Crippen LogP contribution >= 0.6 is 0 Å². The van der Waals surface area contributed by atoms with Gasteiger partial charge in [0.05, 0.1) is 5.70 Å². The zero-order valence-electron chi connectivity index (χ0n) is 27.4. The van der Waals surface area contributed by atoms with Crippen LogP contribution in [0, 0.1) is 0 Å². The van der Waals surface area contributed by atoms with E-state index in [2.05, 4.69) is 143 Å². The van der Waals surface area contributed by atoms with Crippen molar-refractivity contribution in [3.05, 3.63) is 144 Å². The Morgan fingerprint density at radius 3 is 2.46 bits per heavy atom. The molecule has 0 bridgehead atoms. The second kappa shape index (κ2) is 14.4. The van der Waals surface area contributed by atoms with Crippen molar-refractivity contribution in [1.82, 2.24) is 0 Å². The van der Waals surface area contributed by atoms with Gasteiger partial charge in [0.2, 0.25) is 0 Å². The number of hydrogen-bond donors (Lipinski definition) is 0. The van der Waals surface area contributed by atoms with Crippen LogP contribution in [0.2, 0.25) is 0 Å². The molecule has 5 aromatic rings. The number of furan rings is 1. The van der Waals surface area contributed by atoms with E-state index in [1.807, 2.05) is 6.07 Å². The molecule has 3 nitrogen and oxygen atoms in total. The van der Waals surface area contributed by atoms with Crippen molar-refractivity contribution in [2.75, 3.05) is 0 Å². The molecule has 0 atom stereocenters. The minimum absolute atomic E-state index is 0.710. The largest absolute Gasteiger partial charge is 0.456 e. The number of benzene rings is 4. The fourth-order valence-corrected chi connectivity index (χ4v) is 6.03. The fourth-order valence-electron chi connectivity index (χ4n) is 6.03. The van der Waals surface area contributed by atoms with E-state index in [-0.39, 0.29) is 0 Å². The predicted octanol–water partition coefficient (Wildman–Crippen LogP) is 12.5. The van der Waals surface area contributed by atoms with Crippen LogP contribution in [-0.2, 0) is 0 Å². The van der Waals surface area contributed by atoms with Gasteiger partial charge in [-0.2, -0.15) is 0 Å². The van der Waals surface area contributed by atoms with E-state index in [4.69, 9.17) is 14.4 Å². The quantitative estimate of drug-likeness (QED) is 0.0939. The minimum atomic E-state index is 0.710. The Morgan fingerprint density at radius 1 is 0.804 bits per heavy atom. The van der Waals surface area contributed by atoms with E-state index in [9.17, 15) is 0 Å². The predicted molar refractivity (Wildman–Crippen MR) is 199 cm³/mol. The van der Waals surface area contributed by atoms with Crippen LogP contribution in [-0.4, -0.2) is 11.5 Å². The molecule has 0 fully saturated rings. The lowest BCUT2D eigenvalue weighted by Gasteiger charge is -2.14. The smallest absolute Gasteiger partial charge is 0.160 e. The summed E-state index contributed by atoms with van der Waals surface area (Å²) >= 11 is 0. The molecule has 0 radical (unpaired) electrons. The second-order valence-corrected chi connectivity index (χ2v) is 11.9. The maximum Gasteiger partial charge on any atom is 0.160 e. The van der Waals surface area contributed by atoms with E-state index in [0.717, 1.165) is 76.6 Å². The molecule has 0 N–H and O–H groups in total. The highest BCUT2D eigenvalue weighted by Crippen LogP contribution is 2.37. The molecular weight excluding hydrogens is 560 g/mol. The van der Waals surface area contributed by atoms with Crippen LogP contribution in [0.15, 0.2) is 153 Å². The number of rotatable bonds is 9. The van der Waals surface area contributed by atoms with Gasteiger partial charge < -0.3 is 4.42 Å². The molecule has 6 rings (SSSR count). The lowest BCUT2D eigenvalue weighted by Crippen LogP contribution is -2.05. The number of nitrogens with zero attached hydrogens (tertiary/aromatic N) is 2. The van der Waals surface area contributed by atoms with Crippen molar-refractivity contribution < 1.29 is 4.42 Å². The van der Waals surface area contributed by atoms with Gasteiger partial charge in [0.15, 0.2) is 5.84 Å². The summed E-state index contributed by atoms with van der Waals surface area (Å²) in [7, 11) is 0. The zero-order valence-corrected chi connectivity index (χ0v) is 27.4. The molecule has 1 heterocycles. The molecule has 3 heteroatoms. The molecule has 46 heavy (non-hydrogen) atoms. The van der Waals surface area contributed by atoms with Crippen LogP contribution in [0.1, 0.15) is 65.4 Å². The van der Waals surface area contributed by atoms with E-state index < -0.39 is 0 Å². The van der Waals surface area contributed by atoms with Gasteiger partial charge in [-0.05, 0) is 90.8 Å². The first-order valence-electron chi connectivity index (χ1n) is 16.5. The van der Waals surface area contributed by atoms with Gasteiger partial charge in [-0.15, -0.1) is 0 Å². The third kappa shape index (κ3) is 6.65. The van der Waals surface area contributed by atoms with Gasteiger partial charge in [0.1, 0.15) is 11.2 Å². The molecule has 0 saturated carbocycles. The first kappa shape index (κ1) is 31.0. The molecule has 0 saturated heterocycles. The Balaban J connectivity index is 1.56. The minimum Gasteiger partial charge on any atom is -0.456 e. The van der Waals surface area contributed by atoms with Gasteiger partial charge in [0.25, 0.3) is 0 Å². The van der Waals surface area contributed by atoms with Gasteiger partial charge in [0, 0.05) is 28.5 Å². The highest BCUT2D eigenvalue weighted by atomic mass is 16.3. The summed E-state index contributed by atoms with van der Waals surface area (Å²) in [5, 5.41) is 4.57. The van der Waals surface area contributed by atoms with Crippen molar-refractivity contribution in [2.24, 2.45) is 9.98 Å². The zero-order chi connectivity index (χ0) is 31.9. The van der Waals surface area contributed by atoms with Crippen LogP contribution in [0.4, 0.5) is 0 Å². The SMILES string of the molecule is CC/C=C\C=C/C/C(C)=N/C(=N\C(C1=CCCC=C1)=C(\C)CC)c1cccc2oc3ccc(-c4cccc5ccccc45)cc3c12. The van der Waals surface area contributed by atoms with Crippen LogP contribution in [0.3, 0.4) is 0 Å². The molecule has 0 unspecified atom stereocenters. The molecule has 230 valence electrons. The maximum atomic E-state index is 6.46. The number of hydrogen-bond acceptors (Lipinski definition) is 2. The molecule has 4 aromatic carbocycles. The van der Waals surface area contributed by atoms with E-state index >= 15 is 0 Å². The maximum absolute atomic E-state index is 6.46. The summed E-state index contributed by atoms with van der Waals surface area (Å²) in [6.07, 6.45) is 20.0. The highest BCUT2D eigenvalue weighted by Gasteiger charge is 2.18. The summed E-state index contributed by atoms with van der Waals surface area (Å²) in [5.74, 6) is 0.710. The van der Waals surface area contributed by atoms with Crippen molar-refractivity contribution >= 4 is 44.3 Å². The summed E-state index contributed by atoms with van der Waals surface area (Å²) in [6, 6.07) is 27.8. The van der Waals surface area contributed by atoms with Gasteiger partial charge in [-0.25, -0.2) is 9.98 Å². The van der Waals surface area contributed by atoms with Crippen molar-refractivity contribution in [3.8, 4) is 11.1 Å². The Bertz CT molecular complexity index is 2100. The van der Waals surface area contributed by atoms with Crippen molar-refractivity contribution in [1.29, 1.82) is 0 Å². The highest BCUT2D eigenvalue weighted by molar-refractivity contribution is 6.20. The molecule has 1 aromatic heterocycles. The number of aliphatic imine (C=N–C) groups is 2. The first-order valence-corrected chi connectivity index (χ1v) is 16.5. The number of fused-ring (bicyclic) bond motifs is 4. The Hall–Kier alpha value is -5.02. The Kier molecular flexibility index (Phi) is 9.69. The van der Waals surface area contributed by atoms with Crippen LogP contribution in [0.25, 0.3) is 43.8 Å². The average Bonchev–Trinajstić information content (AvgIpc) is 3.48. The summed E-state index contributed by atoms with van der Waals surface area (Å²) in [4.78, 5) is 10.6. The second-order valence-electron chi connectivity index (χ2n) is 11.9. The third-order valence-corrected chi connectivity index (χ3v) is 8.59. The molecule has 0 spiro atoms. The van der Waals surface area contributed by atoms with Gasteiger partial charge in [-0.3, -0.25) is 0 Å².